The molecule has 0 unspecified atom stereocenters. The van der Waals surface area contributed by atoms with Crippen LogP contribution in [0.4, 0.5) is 0 Å². The van der Waals surface area contributed by atoms with Gasteiger partial charge in [-0.15, -0.1) is 0 Å². The van der Waals surface area contributed by atoms with Crippen LogP contribution in [0.15, 0.2) is 23.2 Å². The molecule has 0 N–H and O–H groups in total. The summed E-state index contributed by atoms with van der Waals surface area (Å²) in [4.78, 5) is 17.2. The number of aryl methyl sites for hydroxylation is 2. The molecule has 0 atom stereocenters. The second kappa shape index (κ2) is 4.93. The predicted molar refractivity (Wildman–Crippen MR) is 80.3 cm³/mol. The van der Waals surface area contributed by atoms with E-state index in [9.17, 15) is 4.79 Å². The molecule has 0 aliphatic rings. The van der Waals surface area contributed by atoms with Crippen LogP contribution in [0.2, 0.25) is 0 Å². The van der Waals surface area contributed by atoms with Gasteiger partial charge in [-0.2, -0.15) is 4.99 Å². The topological polar surface area (TPSA) is 34.4 Å². The van der Waals surface area contributed by atoms with Crippen LogP contribution in [0.25, 0.3) is 10.2 Å². The molecule has 0 aliphatic carbocycles. The molecule has 0 saturated heterocycles. The van der Waals surface area contributed by atoms with Gasteiger partial charge in [0, 0.05) is 12.0 Å². The fourth-order valence-electron chi connectivity index (χ4n) is 1.83. The maximum atomic E-state index is 12.1. The Morgan fingerprint density at radius 2 is 2.05 bits per heavy atom. The Morgan fingerprint density at radius 3 is 2.63 bits per heavy atom. The van der Waals surface area contributed by atoms with Gasteiger partial charge in [-0.05, 0) is 31.5 Å². The van der Waals surface area contributed by atoms with Crippen molar-refractivity contribution in [2.75, 3.05) is 0 Å². The predicted octanol–water partition coefficient (Wildman–Crippen LogP) is 3.50. The first kappa shape index (κ1) is 14.0. The van der Waals surface area contributed by atoms with Crippen molar-refractivity contribution < 1.29 is 4.79 Å². The number of carbonyl (C=O) groups excluding carboxylic acids is 1. The Hall–Kier alpha value is -1.42. The van der Waals surface area contributed by atoms with Crippen LogP contribution >= 0.6 is 11.3 Å². The highest BCUT2D eigenvalue weighted by Gasteiger charge is 2.21. The van der Waals surface area contributed by atoms with Crippen LogP contribution in [-0.4, -0.2) is 10.5 Å². The zero-order valence-electron chi connectivity index (χ0n) is 12.2. The van der Waals surface area contributed by atoms with E-state index in [0.717, 1.165) is 16.9 Å². The van der Waals surface area contributed by atoms with E-state index in [2.05, 4.69) is 41.6 Å². The largest absolute Gasteiger partial charge is 0.317 e. The third-order valence-electron chi connectivity index (χ3n) is 2.99. The molecule has 0 radical (unpaired) electrons. The third kappa shape index (κ3) is 2.78. The van der Waals surface area contributed by atoms with E-state index in [0.29, 0.717) is 0 Å². The first-order chi connectivity index (χ1) is 8.82. The van der Waals surface area contributed by atoms with E-state index in [1.165, 1.54) is 10.3 Å². The summed E-state index contributed by atoms with van der Waals surface area (Å²) in [7, 11) is 0. The monoisotopic (exact) mass is 276 g/mol. The van der Waals surface area contributed by atoms with Gasteiger partial charge in [0.2, 0.25) is 0 Å². The molecule has 19 heavy (non-hydrogen) atoms. The number of amides is 1. The van der Waals surface area contributed by atoms with Gasteiger partial charge in [0.15, 0.2) is 4.80 Å². The minimum Gasteiger partial charge on any atom is -0.317 e. The van der Waals surface area contributed by atoms with E-state index in [4.69, 9.17) is 0 Å². The van der Waals surface area contributed by atoms with Crippen LogP contribution < -0.4 is 4.80 Å². The maximum absolute atomic E-state index is 12.1. The molecule has 4 heteroatoms. The summed E-state index contributed by atoms with van der Waals surface area (Å²) in [6.07, 6.45) is 0. The lowest BCUT2D eigenvalue weighted by Crippen LogP contribution is -2.23. The van der Waals surface area contributed by atoms with Crippen molar-refractivity contribution in [3.05, 3.63) is 28.6 Å². The van der Waals surface area contributed by atoms with Gasteiger partial charge in [0.1, 0.15) is 0 Å². The lowest BCUT2D eigenvalue weighted by atomic mass is 9.96. The molecule has 2 aromatic rings. The number of hydrogen-bond acceptors (Lipinski definition) is 2. The lowest BCUT2D eigenvalue weighted by molar-refractivity contribution is -0.125. The average molecular weight is 276 g/mol. The zero-order chi connectivity index (χ0) is 14.2. The van der Waals surface area contributed by atoms with E-state index in [-0.39, 0.29) is 5.91 Å². The Morgan fingerprint density at radius 1 is 1.37 bits per heavy atom. The van der Waals surface area contributed by atoms with Gasteiger partial charge < -0.3 is 4.57 Å². The minimum atomic E-state index is -0.433. The molecule has 1 amide bonds. The summed E-state index contributed by atoms with van der Waals surface area (Å²) in [6, 6.07) is 6.34. The van der Waals surface area contributed by atoms with Gasteiger partial charge in [0.25, 0.3) is 5.91 Å². The first-order valence-electron chi connectivity index (χ1n) is 6.52. The van der Waals surface area contributed by atoms with E-state index in [1.54, 1.807) is 11.3 Å². The van der Waals surface area contributed by atoms with Gasteiger partial charge >= 0.3 is 0 Å². The van der Waals surface area contributed by atoms with Crippen molar-refractivity contribution in [2.24, 2.45) is 10.4 Å². The summed E-state index contributed by atoms with van der Waals surface area (Å²) >= 11 is 1.58. The Balaban J connectivity index is 2.67. The highest BCUT2D eigenvalue weighted by atomic mass is 32.1. The number of fused-ring (bicyclic) bond motifs is 1. The zero-order valence-corrected chi connectivity index (χ0v) is 13.0. The van der Waals surface area contributed by atoms with Gasteiger partial charge in [-0.3, -0.25) is 4.79 Å². The smallest absolute Gasteiger partial charge is 0.253 e. The first-order valence-corrected chi connectivity index (χ1v) is 7.33. The van der Waals surface area contributed by atoms with Crippen molar-refractivity contribution in [3.8, 4) is 0 Å². The number of hydrogen-bond donors (Lipinski definition) is 0. The molecule has 0 fully saturated rings. The van der Waals surface area contributed by atoms with Crippen LogP contribution in [0.3, 0.4) is 0 Å². The summed E-state index contributed by atoms with van der Waals surface area (Å²) in [5, 5.41) is 0. The number of nitrogens with zero attached hydrogens (tertiary/aromatic N) is 2. The maximum Gasteiger partial charge on any atom is 0.253 e. The van der Waals surface area contributed by atoms with Crippen LogP contribution in [0, 0.1) is 12.3 Å². The highest BCUT2D eigenvalue weighted by molar-refractivity contribution is 7.16. The number of thiazole rings is 1. The second-order valence-corrected chi connectivity index (χ2v) is 6.78. The van der Waals surface area contributed by atoms with Gasteiger partial charge in [0.05, 0.1) is 10.2 Å². The summed E-state index contributed by atoms with van der Waals surface area (Å²) < 4.78 is 3.28. The van der Waals surface area contributed by atoms with Gasteiger partial charge in [-0.1, -0.05) is 38.2 Å². The summed E-state index contributed by atoms with van der Waals surface area (Å²) in [6.45, 7) is 10.7. The molecule has 0 spiro atoms. The summed E-state index contributed by atoms with van der Waals surface area (Å²) in [5.41, 5.74) is 1.95. The Kier molecular flexibility index (Phi) is 3.63. The molecule has 2 rings (SSSR count). The SMILES string of the molecule is CCn1c(=NC(=O)C(C)(C)C)sc2cc(C)ccc21. The highest BCUT2D eigenvalue weighted by Crippen LogP contribution is 2.20. The van der Waals surface area contributed by atoms with Crippen molar-refractivity contribution >= 4 is 27.5 Å². The van der Waals surface area contributed by atoms with E-state index in [1.807, 2.05) is 20.8 Å². The fourth-order valence-corrected chi connectivity index (χ4v) is 3.02. The number of carbonyl (C=O) groups is 1. The van der Waals surface area contributed by atoms with Crippen molar-refractivity contribution in [2.45, 2.75) is 41.2 Å². The van der Waals surface area contributed by atoms with Crippen molar-refractivity contribution in [1.29, 1.82) is 0 Å². The molecule has 0 saturated carbocycles. The lowest BCUT2D eigenvalue weighted by Gasteiger charge is -2.11. The molecule has 0 bridgehead atoms. The molecular formula is C15H20N2OS. The average Bonchev–Trinajstić information content (AvgIpc) is 2.63. The molecular weight excluding hydrogens is 256 g/mol. The Bertz CT molecular complexity index is 686. The molecule has 102 valence electrons. The quantitative estimate of drug-likeness (QED) is 0.785. The molecule has 0 aliphatic heterocycles. The number of benzene rings is 1. The summed E-state index contributed by atoms with van der Waals surface area (Å²) in [5.74, 6) is -0.0713. The molecule has 1 aromatic heterocycles. The Labute approximate surface area is 117 Å². The van der Waals surface area contributed by atoms with Crippen molar-refractivity contribution in [3.63, 3.8) is 0 Å². The minimum absolute atomic E-state index is 0.0713. The molecule has 3 nitrogen and oxygen atoms in total. The molecule has 1 aromatic carbocycles. The second-order valence-electron chi connectivity index (χ2n) is 5.77. The van der Waals surface area contributed by atoms with Crippen LogP contribution in [0.5, 0.6) is 0 Å². The van der Waals surface area contributed by atoms with Crippen molar-refractivity contribution in [1.82, 2.24) is 4.57 Å². The molecule has 1 heterocycles. The van der Waals surface area contributed by atoms with Crippen LogP contribution in [-0.2, 0) is 11.3 Å². The third-order valence-corrected chi connectivity index (χ3v) is 4.03. The van der Waals surface area contributed by atoms with E-state index >= 15 is 0 Å². The normalized spacial score (nSPS) is 13.2. The van der Waals surface area contributed by atoms with Crippen LogP contribution in [0.1, 0.15) is 33.3 Å². The number of rotatable bonds is 1. The van der Waals surface area contributed by atoms with E-state index < -0.39 is 5.41 Å². The standard InChI is InChI=1S/C15H20N2OS/c1-6-17-11-8-7-10(2)9-12(11)19-14(17)16-13(18)15(3,4)5/h7-9H,6H2,1-5H3. The fraction of sp³-hybridized carbons (Fsp3) is 0.467. The number of aromatic nitrogens is 1. The van der Waals surface area contributed by atoms with Gasteiger partial charge in [-0.25, -0.2) is 0 Å².